The van der Waals surface area contributed by atoms with Crippen LogP contribution in [-0.2, 0) is 6.42 Å². The lowest BCUT2D eigenvalue weighted by Gasteiger charge is -2.09. The van der Waals surface area contributed by atoms with Gasteiger partial charge in [-0.15, -0.1) is 0 Å². The molecule has 0 amide bonds. The molecule has 0 fully saturated rings. The van der Waals surface area contributed by atoms with Gasteiger partial charge in [-0.2, -0.15) is 0 Å². The molecule has 0 saturated heterocycles. The number of hydrogen-bond donors (Lipinski definition) is 1. The Balaban J connectivity index is 1.90. The summed E-state index contributed by atoms with van der Waals surface area (Å²) >= 11 is 0. The van der Waals surface area contributed by atoms with Crippen molar-refractivity contribution < 1.29 is 19.0 Å². The molecule has 0 aromatic heterocycles. The number of carboxylic acids is 1. The molecule has 2 aromatic rings. The molecular formula is C16H15FO3. The van der Waals surface area contributed by atoms with Gasteiger partial charge in [0, 0.05) is 0 Å². The normalized spacial score (nSPS) is 10.2. The SMILES string of the molecule is O=C(O)c1cc(F)ccc1OCCCc1ccccc1. The van der Waals surface area contributed by atoms with E-state index < -0.39 is 11.8 Å². The average Bonchev–Trinajstić information content (AvgIpc) is 2.45. The Kier molecular flexibility index (Phi) is 4.71. The number of aromatic carboxylic acids is 1. The molecular weight excluding hydrogens is 259 g/mol. The summed E-state index contributed by atoms with van der Waals surface area (Å²) in [5, 5.41) is 8.98. The summed E-state index contributed by atoms with van der Waals surface area (Å²) in [5.74, 6) is -1.58. The number of benzene rings is 2. The summed E-state index contributed by atoms with van der Waals surface area (Å²) in [6, 6.07) is 13.5. The number of rotatable bonds is 6. The van der Waals surface area contributed by atoms with E-state index in [-0.39, 0.29) is 11.3 Å². The molecule has 0 saturated carbocycles. The van der Waals surface area contributed by atoms with Crippen molar-refractivity contribution in [3.63, 3.8) is 0 Å². The maximum absolute atomic E-state index is 13.0. The number of carbonyl (C=O) groups is 1. The molecule has 0 radical (unpaired) electrons. The van der Waals surface area contributed by atoms with Crippen LogP contribution >= 0.6 is 0 Å². The number of halogens is 1. The number of hydrogen-bond acceptors (Lipinski definition) is 2. The summed E-state index contributed by atoms with van der Waals surface area (Å²) in [5.41, 5.74) is 1.05. The van der Waals surface area contributed by atoms with Crippen LogP contribution in [0.4, 0.5) is 4.39 Å². The van der Waals surface area contributed by atoms with E-state index in [1.165, 1.54) is 17.7 Å². The second kappa shape index (κ2) is 6.70. The van der Waals surface area contributed by atoms with E-state index in [0.717, 1.165) is 18.9 Å². The molecule has 4 heteroatoms. The van der Waals surface area contributed by atoms with E-state index in [9.17, 15) is 9.18 Å². The van der Waals surface area contributed by atoms with Crippen molar-refractivity contribution in [2.75, 3.05) is 6.61 Å². The van der Waals surface area contributed by atoms with Gasteiger partial charge in [-0.25, -0.2) is 9.18 Å². The van der Waals surface area contributed by atoms with Crippen LogP contribution in [0, 0.1) is 5.82 Å². The van der Waals surface area contributed by atoms with Crippen molar-refractivity contribution in [2.45, 2.75) is 12.8 Å². The lowest BCUT2D eigenvalue weighted by molar-refractivity contribution is 0.0691. The third-order valence-electron chi connectivity index (χ3n) is 2.88. The third-order valence-corrected chi connectivity index (χ3v) is 2.88. The summed E-state index contributed by atoms with van der Waals surface area (Å²) in [4.78, 5) is 11.0. The first-order valence-corrected chi connectivity index (χ1v) is 6.36. The van der Waals surface area contributed by atoms with Crippen molar-refractivity contribution in [3.05, 3.63) is 65.5 Å². The van der Waals surface area contributed by atoms with Crippen molar-refractivity contribution in [2.24, 2.45) is 0 Å². The van der Waals surface area contributed by atoms with Crippen LogP contribution < -0.4 is 4.74 Å². The Labute approximate surface area is 116 Å². The van der Waals surface area contributed by atoms with E-state index in [4.69, 9.17) is 9.84 Å². The first-order valence-electron chi connectivity index (χ1n) is 6.36. The smallest absolute Gasteiger partial charge is 0.339 e. The van der Waals surface area contributed by atoms with E-state index in [2.05, 4.69) is 0 Å². The van der Waals surface area contributed by atoms with Gasteiger partial charge in [-0.05, 0) is 36.6 Å². The highest BCUT2D eigenvalue weighted by molar-refractivity contribution is 5.90. The van der Waals surface area contributed by atoms with Crippen molar-refractivity contribution >= 4 is 5.97 Å². The topological polar surface area (TPSA) is 46.5 Å². The third kappa shape index (κ3) is 3.82. The molecule has 0 unspecified atom stereocenters. The monoisotopic (exact) mass is 274 g/mol. The lowest BCUT2D eigenvalue weighted by Crippen LogP contribution is -2.05. The predicted molar refractivity (Wildman–Crippen MR) is 73.6 cm³/mol. The molecule has 20 heavy (non-hydrogen) atoms. The van der Waals surface area contributed by atoms with Crippen LogP contribution in [0.25, 0.3) is 0 Å². The fourth-order valence-electron chi connectivity index (χ4n) is 1.90. The maximum atomic E-state index is 13.0. The molecule has 0 aliphatic rings. The molecule has 0 atom stereocenters. The molecule has 0 spiro atoms. The zero-order chi connectivity index (χ0) is 14.4. The van der Waals surface area contributed by atoms with Gasteiger partial charge in [0.25, 0.3) is 0 Å². The van der Waals surface area contributed by atoms with Gasteiger partial charge in [-0.1, -0.05) is 30.3 Å². The minimum absolute atomic E-state index is 0.148. The second-order valence-corrected chi connectivity index (χ2v) is 4.38. The van der Waals surface area contributed by atoms with Gasteiger partial charge in [0.1, 0.15) is 17.1 Å². The number of carboxylic acid groups (broad SMARTS) is 1. The molecule has 104 valence electrons. The molecule has 2 aromatic carbocycles. The second-order valence-electron chi connectivity index (χ2n) is 4.38. The Morgan fingerprint density at radius 2 is 1.90 bits per heavy atom. The van der Waals surface area contributed by atoms with Crippen LogP contribution in [0.2, 0.25) is 0 Å². The van der Waals surface area contributed by atoms with Gasteiger partial charge in [0.15, 0.2) is 0 Å². The summed E-state index contributed by atoms with van der Waals surface area (Å²) < 4.78 is 18.4. The number of aryl methyl sites for hydroxylation is 1. The fourth-order valence-corrected chi connectivity index (χ4v) is 1.90. The van der Waals surface area contributed by atoms with Crippen LogP contribution in [0.5, 0.6) is 5.75 Å². The van der Waals surface area contributed by atoms with Gasteiger partial charge in [0.2, 0.25) is 0 Å². The average molecular weight is 274 g/mol. The first kappa shape index (κ1) is 14.1. The van der Waals surface area contributed by atoms with Crippen molar-refractivity contribution in [1.29, 1.82) is 0 Å². The largest absolute Gasteiger partial charge is 0.493 e. The van der Waals surface area contributed by atoms with Gasteiger partial charge >= 0.3 is 5.97 Å². The summed E-state index contributed by atoms with van der Waals surface area (Å²) in [6.45, 7) is 0.390. The first-order chi connectivity index (χ1) is 9.66. The molecule has 0 aliphatic carbocycles. The van der Waals surface area contributed by atoms with Gasteiger partial charge in [-0.3, -0.25) is 0 Å². The zero-order valence-corrected chi connectivity index (χ0v) is 10.9. The van der Waals surface area contributed by atoms with E-state index in [0.29, 0.717) is 6.61 Å². The molecule has 1 N–H and O–H groups in total. The molecule has 3 nitrogen and oxygen atoms in total. The highest BCUT2D eigenvalue weighted by atomic mass is 19.1. The van der Waals surface area contributed by atoms with Crippen molar-refractivity contribution in [3.8, 4) is 5.75 Å². The minimum Gasteiger partial charge on any atom is -0.493 e. The lowest BCUT2D eigenvalue weighted by atomic mass is 10.1. The predicted octanol–water partition coefficient (Wildman–Crippen LogP) is 3.54. The Bertz CT molecular complexity index is 582. The molecule has 0 heterocycles. The summed E-state index contributed by atoms with van der Waals surface area (Å²) in [7, 11) is 0. The van der Waals surface area contributed by atoms with E-state index >= 15 is 0 Å². The fraction of sp³-hybridized carbons (Fsp3) is 0.188. The quantitative estimate of drug-likeness (QED) is 0.820. The van der Waals surface area contributed by atoms with Crippen LogP contribution in [0.15, 0.2) is 48.5 Å². The standard InChI is InChI=1S/C16H15FO3/c17-13-8-9-15(14(11-13)16(18)19)20-10-4-7-12-5-2-1-3-6-12/h1-3,5-6,8-9,11H,4,7,10H2,(H,18,19). The van der Waals surface area contributed by atoms with Crippen LogP contribution in [0.3, 0.4) is 0 Å². The Morgan fingerprint density at radius 3 is 2.60 bits per heavy atom. The van der Waals surface area contributed by atoms with Crippen LogP contribution in [0.1, 0.15) is 22.3 Å². The van der Waals surface area contributed by atoms with Gasteiger partial charge < -0.3 is 9.84 Å². The summed E-state index contributed by atoms with van der Waals surface area (Å²) in [6.07, 6.45) is 1.62. The Hall–Kier alpha value is -2.36. The molecule has 0 bridgehead atoms. The molecule has 2 rings (SSSR count). The van der Waals surface area contributed by atoms with E-state index in [1.54, 1.807) is 0 Å². The van der Waals surface area contributed by atoms with Gasteiger partial charge in [0.05, 0.1) is 6.61 Å². The number of ether oxygens (including phenoxy) is 1. The molecule has 0 aliphatic heterocycles. The van der Waals surface area contributed by atoms with Crippen LogP contribution in [-0.4, -0.2) is 17.7 Å². The maximum Gasteiger partial charge on any atom is 0.339 e. The zero-order valence-electron chi connectivity index (χ0n) is 10.9. The highest BCUT2D eigenvalue weighted by Crippen LogP contribution is 2.20. The Morgan fingerprint density at radius 1 is 1.15 bits per heavy atom. The highest BCUT2D eigenvalue weighted by Gasteiger charge is 2.12. The minimum atomic E-state index is -1.19. The van der Waals surface area contributed by atoms with E-state index in [1.807, 2.05) is 30.3 Å². The van der Waals surface area contributed by atoms with Crippen molar-refractivity contribution in [1.82, 2.24) is 0 Å².